The summed E-state index contributed by atoms with van der Waals surface area (Å²) in [5, 5.41) is 0. The summed E-state index contributed by atoms with van der Waals surface area (Å²) in [4.78, 5) is 12.2. The zero-order chi connectivity index (χ0) is 13.2. The van der Waals surface area contributed by atoms with Gasteiger partial charge < -0.3 is 9.47 Å². The summed E-state index contributed by atoms with van der Waals surface area (Å²) in [6.07, 6.45) is 3.18. The van der Waals surface area contributed by atoms with Gasteiger partial charge in [-0.1, -0.05) is 6.07 Å². The van der Waals surface area contributed by atoms with Crippen molar-refractivity contribution in [2.45, 2.75) is 31.3 Å². The molecule has 0 amide bonds. The smallest absolute Gasteiger partial charge is 0.168 e. The average Bonchev–Trinajstić information content (AvgIpc) is 2.28. The van der Waals surface area contributed by atoms with Crippen LogP contribution in [-0.2, 0) is 16.0 Å². The van der Waals surface area contributed by atoms with Gasteiger partial charge in [-0.3, -0.25) is 4.79 Å². The number of ether oxygens (including phenoxy) is 2. The van der Waals surface area contributed by atoms with Crippen molar-refractivity contribution in [2.24, 2.45) is 0 Å². The van der Waals surface area contributed by atoms with Crippen LogP contribution in [0.2, 0.25) is 0 Å². The van der Waals surface area contributed by atoms with Crippen molar-refractivity contribution < 1.29 is 14.3 Å². The van der Waals surface area contributed by atoms with E-state index < -0.39 is 5.60 Å². The molecule has 1 aromatic rings. The fourth-order valence-electron chi connectivity index (χ4n) is 2.26. The molecule has 0 bridgehead atoms. The summed E-state index contributed by atoms with van der Waals surface area (Å²) in [7, 11) is 3.25. The highest BCUT2D eigenvalue weighted by atomic mass is 79.9. The molecule has 18 heavy (non-hydrogen) atoms. The minimum atomic E-state index is -0.521. The van der Waals surface area contributed by atoms with Crippen molar-refractivity contribution in [2.75, 3.05) is 14.2 Å². The fraction of sp³-hybridized carbons (Fsp3) is 0.500. The van der Waals surface area contributed by atoms with Crippen LogP contribution in [-0.4, -0.2) is 25.6 Å². The molecule has 1 aliphatic carbocycles. The Balaban J connectivity index is 2.10. The molecule has 1 fully saturated rings. The number of halogens is 1. The van der Waals surface area contributed by atoms with E-state index in [2.05, 4.69) is 15.9 Å². The average molecular weight is 313 g/mol. The molecule has 0 atom stereocenters. The first-order chi connectivity index (χ1) is 8.61. The topological polar surface area (TPSA) is 35.5 Å². The zero-order valence-corrected chi connectivity index (χ0v) is 12.2. The first kappa shape index (κ1) is 13.6. The van der Waals surface area contributed by atoms with Gasteiger partial charge in [0.1, 0.15) is 11.4 Å². The minimum absolute atomic E-state index is 0.174. The lowest BCUT2D eigenvalue weighted by Crippen LogP contribution is -2.47. The lowest BCUT2D eigenvalue weighted by atomic mass is 9.75. The molecule has 0 N–H and O–H groups in total. The molecule has 0 radical (unpaired) electrons. The van der Waals surface area contributed by atoms with Crippen LogP contribution in [0.1, 0.15) is 24.8 Å². The predicted molar refractivity (Wildman–Crippen MR) is 73.0 cm³/mol. The Hall–Kier alpha value is -0.870. The van der Waals surface area contributed by atoms with Gasteiger partial charge in [0.2, 0.25) is 0 Å². The highest BCUT2D eigenvalue weighted by Crippen LogP contribution is 2.37. The second-order valence-corrected chi connectivity index (χ2v) is 5.48. The molecular formula is C14H17BrO3. The molecule has 98 valence electrons. The van der Waals surface area contributed by atoms with Crippen molar-refractivity contribution in [1.82, 2.24) is 0 Å². The van der Waals surface area contributed by atoms with Gasteiger partial charge in [-0.05, 0) is 52.9 Å². The predicted octanol–water partition coefficient (Wildman–Crippen LogP) is 3.14. The van der Waals surface area contributed by atoms with Crippen LogP contribution < -0.4 is 4.74 Å². The van der Waals surface area contributed by atoms with E-state index in [0.717, 1.165) is 35.0 Å². The Morgan fingerprint density at radius 2 is 2.11 bits per heavy atom. The van der Waals surface area contributed by atoms with Gasteiger partial charge in [0.15, 0.2) is 5.78 Å². The number of hydrogen-bond acceptors (Lipinski definition) is 3. The van der Waals surface area contributed by atoms with Crippen LogP contribution in [0.25, 0.3) is 0 Å². The molecule has 4 heteroatoms. The van der Waals surface area contributed by atoms with Crippen molar-refractivity contribution in [3.05, 3.63) is 28.2 Å². The number of Topliss-reactive ketones (excluding diaryl/α,β-unsaturated/α-hetero) is 1. The molecule has 0 saturated heterocycles. The largest absolute Gasteiger partial charge is 0.496 e. The van der Waals surface area contributed by atoms with Crippen LogP contribution >= 0.6 is 15.9 Å². The van der Waals surface area contributed by atoms with Crippen LogP contribution in [0.15, 0.2) is 22.7 Å². The number of carbonyl (C=O) groups excluding carboxylic acids is 1. The zero-order valence-electron chi connectivity index (χ0n) is 10.7. The molecule has 2 rings (SSSR count). The Bertz CT molecular complexity index is 447. The molecular weight excluding hydrogens is 296 g/mol. The third-order valence-corrected chi connectivity index (χ3v) is 4.26. The monoisotopic (exact) mass is 312 g/mol. The number of methoxy groups -OCH3 is 2. The van der Waals surface area contributed by atoms with E-state index in [0.29, 0.717) is 6.42 Å². The van der Waals surface area contributed by atoms with Crippen molar-refractivity contribution in [3.8, 4) is 5.75 Å². The highest BCUT2D eigenvalue weighted by molar-refractivity contribution is 9.10. The Kier molecular flexibility index (Phi) is 4.07. The minimum Gasteiger partial charge on any atom is -0.496 e. The Morgan fingerprint density at radius 1 is 1.39 bits per heavy atom. The molecule has 0 aliphatic heterocycles. The van der Waals surface area contributed by atoms with Gasteiger partial charge in [0.05, 0.1) is 11.6 Å². The summed E-state index contributed by atoms with van der Waals surface area (Å²) < 4.78 is 11.4. The summed E-state index contributed by atoms with van der Waals surface area (Å²) in [5.74, 6) is 0.949. The third kappa shape index (κ3) is 2.45. The number of rotatable bonds is 5. The SMILES string of the molecule is COc1ccc(CC(=O)C2(OC)CCC2)cc1Br. The molecule has 1 saturated carbocycles. The van der Waals surface area contributed by atoms with E-state index in [4.69, 9.17) is 9.47 Å². The quantitative estimate of drug-likeness (QED) is 0.838. The molecule has 3 nitrogen and oxygen atoms in total. The lowest BCUT2D eigenvalue weighted by Gasteiger charge is -2.38. The van der Waals surface area contributed by atoms with Crippen molar-refractivity contribution in [1.29, 1.82) is 0 Å². The van der Waals surface area contributed by atoms with Gasteiger partial charge in [0.25, 0.3) is 0 Å². The van der Waals surface area contributed by atoms with Crippen LogP contribution in [0.4, 0.5) is 0 Å². The van der Waals surface area contributed by atoms with Crippen LogP contribution in [0, 0.1) is 0 Å². The summed E-state index contributed by atoms with van der Waals surface area (Å²) in [6, 6.07) is 5.72. The van der Waals surface area contributed by atoms with Crippen LogP contribution in [0.3, 0.4) is 0 Å². The maximum absolute atomic E-state index is 12.2. The molecule has 0 heterocycles. The highest BCUT2D eigenvalue weighted by Gasteiger charge is 2.43. The van der Waals surface area contributed by atoms with E-state index in [1.54, 1.807) is 14.2 Å². The maximum atomic E-state index is 12.2. The summed E-state index contributed by atoms with van der Waals surface area (Å²) in [5.41, 5.74) is 0.461. The Labute approximate surface area is 116 Å². The first-order valence-corrected chi connectivity index (χ1v) is 6.81. The van der Waals surface area contributed by atoms with Crippen LogP contribution in [0.5, 0.6) is 5.75 Å². The number of carbonyl (C=O) groups is 1. The van der Waals surface area contributed by atoms with Gasteiger partial charge in [-0.2, -0.15) is 0 Å². The van der Waals surface area contributed by atoms with Gasteiger partial charge in [0, 0.05) is 13.5 Å². The van der Waals surface area contributed by atoms with E-state index in [1.165, 1.54) is 0 Å². The number of benzene rings is 1. The second kappa shape index (κ2) is 5.41. The van der Waals surface area contributed by atoms with Gasteiger partial charge >= 0.3 is 0 Å². The van der Waals surface area contributed by atoms with E-state index in [-0.39, 0.29) is 5.78 Å². The molecule has 0 unspecified atom stereocenters. The fourth-order valence-corrected chi connectivity index (χ4v) is 2.85. The van der Waals surface area contributed by atoms with Gasteiger partial charge in [-0.15, -0.1) is 0 Å². The standard InChI is InChI=1S/C14H17BrO3/c1-17-12-5-4-10(8-11(12)15)9-13(16)14(18-2)6-3-7-14/h4-5,8H,3,6-7,9H2,1-2H3. The Morgan fingerprint density at radius 3 is 2.56 bits per heavy atom. The lowest BCUT2D eigenvalue weighted by molar-refractivity contribution is -0.151. The molecule has 0 spiro atoms. The van der Waals surface area contributed by atoms with Gasteiger partial charge in [-0.25, -0.2) is 0 Å². The van der Waals surface area contributed by atoms with Crippen molar-refractivity contribution >= 4 is 21.7 Å². The third-order valence-electron chi connectivity index (χ3n) is 3.64. The number of hydrogen-bond donors (Lipinski definition) is 0. The molecule has 1 aliphatic rings. The van der Waals surface area contributed by atoms with E-state index in [1.807, 2.05) is 18.2 Å². The van der Waals surface area contributed by atoms with E-state index >= 15 is 0 Å². The molecule has 1 aromatic carbocycles. The van der Waals surface area contributed by atoms with Crippen molar-refractivity contribution in [3.63, 3.8) is 0 Å². The number of ketones is 1. The normalized spacial score (nSPS) is 17.1. The maximum Gasteiger partial charge on any atom is 0.168 e. The summed E-state index contributed by atoms with van der Waals surface area (Å²) in [6.45, 7) is 0. The summed E-state index contributed by atoms with van der Waals surface area (Å²) >= 11 is 3.43. The van der Waals surface area contributed by atoms with E-state index in [9.17, 15) is 4.79 Å². The second-order valence-electron chi connectivity index (χ2n) is 4.62. The first-order valence-electron chi connectivity index (χ1n) is 6.02. The molecule has 0 aromatic heterocycles.